The lowest BCUT2D eigenvalue weighted by Gasteiger charge is -2.44. The zero-order valence-corrected chi connectivity index (χ0v) is 18.6. The molecule has 1 aliphatic carbocycles. The molecule has 0 N–H and O–H groups in total. The molecular weight excluding hydrogens is 368 g/mol. The minimum atomic E-state index is -2.09. The molecule has 4 rings (SSSR count). The molecule has 0 amide bonds. The van der Waals surface area contributed by atoms with Crippen molar-refractivity contribution in [2.45, 2.75) is 38.3 Å². The van der Waals surface area contributed by atoms with Crippen molar-refractivity contribution in [1.82, 2.24) is 0 Å². The van der Waals surface area contributed by atoms with Crippen molar-refractivity contribution in [1.29, 1.82) is 0 Å². The molecule has 2 heteroatoms. The molecule has 1 aliphatic rings. The molecular formula is C27H30OSi. The number of benzene rings is 3. The van der Waals surface area contributed by atoms with Gasteiger partial charge in [0.2, 0.25) is 0 Å². The lowest BCUT2D eigenvalue weighted by Crippen LogP contribution is -2.64. The van der Waals surface area contributed by atoms with E-state index in [0.29, 0.717) is 11.7 Å². The Bertz CT molecular complexity index is 918. The number of carbonyl (C=O) groups excluding carboxylic acids is 1. The van der Waals surface area contributed by atoms with Crippen LogP contribution in [0.15, 0.2) is 91.0 Å². The van der Waals surface area contributed by atoms with Gasteiger partial charge in [0.1, 0.15) is 8.07 Å². The number of hydrogen-bond donors (Lipinski definition) is 0. The Morgan fingerprint density at radius 2 is 1.24 bits per heavy atom. The lowest BCUT2D eigenvalue weighted by atomic mass is 10.1. The molecule has 2 unspecified atom stereocenters. The second-order valence-corrected chi connectivity index (χ2v) is 14.3. The van der Waals surface area contributed by atoms with E-state index in [0.717, 1.165) is 18.0 Å². The van der Waals surface area contributed by atoms with Crippen molar-refractivity contribution in [3.63, 3.8) is 0 Å². The molecule has 1 fully saturated rings. The van der Waals surface area contributed by atoms with Crippen molar-refractivity contribution in [3.8, 4) is 0 Å². The number of carbonyl (C=O) groups is 1. The van der Waals surface area contributed by atoms with E-state index < -0.39 is 8.07 Å². The number of Topliss-reactive ketones (excluding diaryl/α,β-unsaturated/α-hetero) is 1. The average Bonchev–Trinajstić information content (AvgIpc) is 3.51. The van der Waals surface area contributed by atoms with E-state index in [-0.39, 0.29) is 11.0 Å². The predicted octanol–water partition coefficient (Wildman–Crippen LogP) is 5.57. The van der Waals surface area contributed by atoms with Crippen LogP contribution in [0.4, 0.5) is 0 Å². The molecule has 2 atom stereocenters. The van der Waals surface area contributed by atoms with Gasteiger partial charge in [-0.3, -0.25) is 4.79 Å². The van der Waals surface area contributed by atoms with E-state index in [2.05, 4.69) is 81.4 Å². The van der Waals surface area contributed by atoms with E-state index in [4.69, 9.17) is 0 Å². The molecule has 0 saturated heterocycles. The second kappa shape index (κ2) is 7.76. The Labute approximate surface area is 175 Å². The molecule has 0 radical (unpaired) electrons. The quantitative estimate of drug-likeness (QED) is 0.392. The fourth-order valence-corrected chi connectivity index (χ4v) is 10.9. The van der Waals surface area contributed by atoms with Crippen LogP contribution in [-0.4, -0.2) is 13.9 Å². The van der Waals surface area contributed by atoms with Crippen molar-refractivity contribution >= 4 is 24.2 Å². The summed E-state index contributed by atoms with van der Waals surface area (Å²) in [6.45, 7) is 7.20. The minimum Gasteiger partial charge on any atom is -0.294 e. The summed E-state index contributed by atoms with van der Waals surface area (Å²) in [6, 6.07) is 33.1. The average molecular weight is 399 g/mol. The molecule has 3 aromatic carbocycles. The first-order valence-corrected chi connectivity index (χ1v) is 12.8. The normalized spacial score (nSPS) is 19.0. The zero-order valence-electron chi connectivity index (χ0n) is 17.6. The highest BCUT2D eigenvalue weighted by atomic mass is 28.3. The summed E-state index contributed by atoms with van der Waals surface area (Å²) < 4.78 is 0. The van der Waals surface area contributed by atoms with Crippen LogP contribution >= 0.6 is 0 Å². The van der Waals surface area contributed by atoms with E-state index in [1.165, 1.54) is 10.4 Å². The van der Waals surface area contributed by atoms with Crippen LogP contribution in [0.5, 0.6) is 0 Å². The molecule has 3 aromatic rings. The van der Waals surface area contributed by atoms with E-state index in [1.807, 2.05) is 30.3 Å². The van der Waals surface area contributed by atoms with Crippen LogP contribution in [0.3, 0.4) is 0 Å². The van der Waals surface area contributed by atoms with Crippen molar-refractivity contribution in [2.75, 3.05) is 0 Å². The van der Waals surface area contributed by atoms with Crippen LogP contribution < -0.4 is 10.4 Å². The Hall–Kier alpha value is -2.45. The molecule has 148 valence electrons. The fourth-order valence-electron chi connectivity index (χ4n) is 5.02. The van der Waals surface area contributed by atoms with Gasteiger partial charge in [0.25, 0.3) is 0 Å². The van der Waals surface area contributed by atoms with Gasteiger partial charge in [0.05, 0.1) is 0 Å². The third-order valence-corrected chi connectivity index (χ3v) is 13.0. The van der Waals surface area contributed by atoms with E-state index >= 15 is 0 Å². The zero-order chi connectivity index (χ0) is 20.5. The van der Waals surface area contributed by atoms with E-state index in [9.17, 15) is 4.79 Å². The smallest absolute Gasteiger partial charge is 0.166 e. The fraction of sp³-hybridized carbons (Fsp3) is 0.296. The molecule has 0 spiro atoms. The van der Waals surface area contributed by atoms with Crippen molar-refractivity contribution in [3.05, 3.63) is 96.6 Å². The number of hydrogen-bond acceptors (Lipinski definition) is 1. The van der Waals surface area contributed by atoms with Crippen LogP contribution in [0.2, 0.25) is 11.1 Å². The maximum Gasteiger partial charge on any atom is 0.166 e. The number of rotatable bonds is 6. The third-order valence-electron chi connectivity index (χ3n) is 6.70. The summed E-state index contributed by atoms with van der Waals surface area (Å²) in [6.07, 6.45) is 1.03. The van der Waals surface area contributed by atoms with Gasteiger partial charge >= 0.3 is 0 Å². The highest BCUT2D eigenvalue weighted by molar-refractivity contribution is 7.04. The largest absolute Gasteiger partial charge is 0.294 e. The monoisotopic (exact) mass is 398 g/mol. The Kier molecular flexibility index (Phi) is 5.31. The predicted molar refractivity (Wildman–Crippen MR) is 125 cm³/mol. The van der Waals surface area contributed by atoms with Crippen LogP contribution in [0.1, 0.15) is 37.6 Å². The Morgan fingerprint density at radius 3 is 1.69 bits per heavy atom. The van der Waals surface area contributed by atoms with Crippen molar-refractivity contribution < 1.29 is 4.79 Å². The molecule has 0 aromatic heterocycles. The first kappa shape index (κ1) is 19.8. The van der Waals surface area contributed by atoms with Gasteiger partial charge < -0.3 is 0 Å². The van der Waals surface area contributed by atoms with Gasteiger partial charge in [0.15, 0.2) is 5.78 Å². The molecule has 0 aliphatic heterocycles. The topological polar surface area (TPSA) is 17.1 Å². The Morgan fingerprint density at radius 1 is 0.793 bits per heavy atom. The van der Waals surface area contributed by atoms with Crippen LogP contribution in [-0.2, 0) is 0 Å². The van der Waals surface area contributed by atoms with Crippen LogP contribution in [0.25, 0.3) is 0 Å². The molecule has 1 saturated carbocycles. The summed E-state index contributed by atoms with van der Waals surface area (Å²) >= 11 is 0. The highest BCUT2D eigenvalue weighted by Gasteiger charge is 2.54. The maximum atomic E-state index is 13.0. The van der Waals surface area contributed by atoms with Gasteiger partial charge in [-0.25, -0.2) is 0 Å². The molecule has 0 heterocycles. The standard InChI is InChI=1S/C27H30OSi/c1-27(2,3)29(23-15-9-5-10-16-23,24-17-11-6-12-18-24)20-22-19-25(22)26(28)21-13-7-4-8-14-21/h4-18,22,25H,19-20H2,1-3H3. The minimum absolute atomic E-state index is 0.151. The van der Waals surface area contributed by atoms with Crippen LogP contribution in [0, 0.1) is 11.8 Å². The van der Waals surface area contributed by atoms with Gasteiger partial charge in [-0.15, -0.1) is 0 Å². The van der Waals surface area contributed by atoms with E-state index in [1.54, 1.807) is 0 Å². The van der Waals surface area contributed by atoms with Gasteiger partial charge in [0, 0.05) is 11.5 Å². The molecule has 0 bridgehead atoms. The molecule has 29 heavy (non-hydrogen) atoms. The summed E-state index contributed by atoms with van der Waals surface area (Å²) in [5, 5.41) is 3.12. The first-order valence-electron chi connectivity index (χ1n) is 10.6. The van der Waals surface area contributed by atoms with Gasteiger partial charge in [-0.1, -0.05) is 122 Å². The SMILES string of the molecule is CC(C)(C)[Si](CC1CC1C(=O)c1ccccc1)(c1ccccc1)c1ccccc1. The lowest BCUT2D eigenvalue weighted by molar-refractivity contribution is 0.0962. The van der Waals surface area contributed by atoms with Gasteiger partial charge in [-0.2, -0.15) is 0 Å². The summed E-state index contributed by atoms with van der Waals surface area (Å²) in [5.41, 5.74) is 0.863. The second-order valence-electron chi connectivity index (χ2n) is 9.42. The third kappa shape index (κ3) is 3.74. The Balaban J connectivity index is 1.72. The maximum absolute atomic E-state index is 13.0. The first-order chi connectivity index (χ1) is 13.9. The summed E-state index contributed by atoms with van der Waals surface area (Å²) in [5.74, 6) is 0.988. The summed E-state index contributed by atoms with van der Waals surface area (Å²) in [7, 11) is -2.09. The van der Waals surface area contributed by atoms with Gasteiger partial charge in [-0.05, 0) is 23.4 Å². The number of ketones is 1. The highest BCUT2D eigenvalue weighted by Crippen LogP contribution is 2.51. The molecule has 1 nitrogen and oxygen atoms in total. The summed E-state index contributed by atoms with van der Waals surface area (Å²) in [4.78, 5) is 13.0. The van der Waals surface area contributed by atoms with Crippen molar-refractivity contribution in [2.24, 2.45) is 11.8 Å².